The molecule has 0 atom stereocenters. The number of carbonyl (C=O) groups excluding carboxylic acids is 1. The summed E-state index contributed by atoms with van der Waals surface area (Å²) in [6.45, 7) is 2.85. The van der Waals surface area contributed by atoms with Gasteiger partial charge in [-0.2, -0.15) is 5.10 Å². The van der Waals surface area contributed by atoms with Crippen LogP contribution in [-0.2, 0) is 6.54 Å². The number of rotatable bonds is 6. The molecule has 29 heavy (non-hydrogen) atoms. The zero-order valence-corrected chi connectivity index (χ0v) is 16.3. The van der Waals surface area contributed by atoms with Crippen LogP contribution in [0.5, 0.6) is 5.75 Å². The van der Waals surface area contributed by atoms with E-state index < -0.39 is 0 Å². The van der Waals surface area contributed by atoms with Gasteiger partial charge in [-0.1, -0.05) is 18.2 Å². The van der Waals surface area contributed by atoms with E-state index in [0.29, 0.717) is 30.3 Å². The smallest absolute Gasteiger partial charge is 0.254 e. The summed E-state index contributed by atoms with van der Waals surface area (Å²) >= 11 is 0. The van der Waals surface area contributed by atoms with Crippen LogP contribution in [0.25, 0.3) is 22.3 Å². The fraction of sp³-hybridized carbons (Fsp3) is 0.182. The van der Waals surface area contributed by atoms with Crippen molar-refractivity contribution in [3.8, 4) is 17.1 Å². The van der Waals surface area contributed by atoms with Gasteiger partial charge < -0.3 is 9.64 Å². The van der Waals surface area contributed by atoms with Crippen molar-refractivity contribution in [2.45, 2.75) is 13.5 Å². The molecule has 0 aliphatic heterocycles. The number of hydrogen-bond donors (Lipinski definition) is 1. The van der Waals surface area contributed by atoms with Crippen molar-refractivity contribution in [3.63, 3.8) is 0 Å². The fourth-order valence-corrected chi connectivity index (χ4v) is 3.26. The number of amides is 1. The van der Waals surface area contributed by atoms with E-state index in [-0.39, 0.29) is 5.91 Å². The molecule has 4 rings (SSSR count). The molecule has 7 nitrogen and oxygen atoms in total. The molecule has 0 aliphatic rings. The van der Waals surface area contributed by atoms with Gasteiger partial charge in [0.15, 0.2) is 5.82 Å². The van der Waals surface area contributed by atoms with Gasteiger partial charge in [0, 0.05) is 36.9 Å². The van der Waals surface area contributed by atoms with Crippen LogP contribution in [0.2, 0.25) is 0 Å². The Morgan fingerprint density at radius 1 is 1.14 bits per heavy atom. The van der Waals surface area contributed by atoms with E-state index in [1.807, 2.05) is 31.2 Å². The highest BCUT2D eigenvalue weighted by Crippen LogP contribution is 2.29. The lowest BCUT2D eigenvalue weighted by atomic mass is 10.1. The van der Waals surface area contributed by atoms with Crippen LogP contribution >= 0.6 is 0 Å². The van der Waals surface area contributed by atoms with Crippen molar-refractivity contribution in [2.75, 3.05) is 13.7 Å². The van der Waals surface area contributed by atoms with E-state index in [4.69, 9.17) is 4.74 Å². The third kappa shape index (κ3) is 3.80. The number of ether oxygens (including phenoxy) is 1. The summed E-state index contributed by atoms with van der Waals surface area (Å²) in [6, 6.07) is 13.1. The van der Waals surface area contributed by atoms with Gasteiger partial charge in [0.1, 0.15) is 5.75 Å². The highest BCUT2D eigenvalue weighted by atomic mass is 16.5. The number of nitrogens with one attached hydrogen (secondary N) is 1. The number of para-hydroxylation sites is 1. The van der Waals surface area contributed by atoms with Crippen LogP contribution < -0.4 is 4.74 Å². The Hall–Kier alpha value is -3.74. The molecule has 2 aromatic carbocycles. The first kappa shape index (κ1) is 18.6. The zero-order valence-electron chi connectivity index (χ0n) is 16.3. The summed E-state index contributed by atoms with van der Waals surface area (Å²) in [5.74, 6) is 1.06. The van der Waals surface area contributed by atoms with Crippen molar-refractivity contribution in [2.24, 2.45) is 0 Å². The summed E-state index contributed by atoms with van der Waals surface area (Å²) < 4.78 is 5.76. The van der Waals surface area contributed by atoms with Crippen LogP contribution in [0.1, 0.15) is 22.8 Å². The Morgan fingerprint density at radius 3 is 2.76 bits per heavy atom. The molecule has 0 spiro atoms. The minimum Gasteiger partial charge on any atom is -0.493 e. The Kier molecular flexibility index (Phi) is 5.20. The highest BCUT2D eigenvalue weighted by molar-refractivity contribution is 5.95. The Morgan fingerprint density at radius 2 is 1.97 bits per heavy atom. The maximum Gasteiger partial charge on any atom is 0.254 e. The molecule has 7 heteroatoms. The molecule has 4 aromatic rings. The molecule has 2 heterocycles. The van der Waals surface area contributed by atoms with E-state index in [2.05, 4.69) is 20.2 Å². The number of aromatic nitrogens is 4. The lowest BCUT2D eigenvalue weighted by Crippen LogP contribution is -2.26. The molecule has 1 amide bonds. The van der Waals surface area contributed by atoms with E-state index in [1.54, 1.807) is 48.7 Å². The summed E-state index contributed by atoms with van der Waals surface area (Å²) in [4.78, 5) is 23.3. The van der Waals surface area contributed by atoms with Gasteiger partial charge in [-0.05, 0) is 36.8 Å². The van der Waals surface area contributed by atoms with Crippen molar-refractivity contribution in [3.05, 3.63) is 72.2 Å². The number of hydrogen-bond acceptors (Lipinski definition) is 5. The average molecular weight is 387 g/mol. The molecule has 0 saturated heterocycles. The number of benzene rings is 2. The van der Waals surface area contributed by atoms with E-state index in [1.165, 1.54) is 0 Å². The normalized spacial score (nSPS) is 10.8. The van der Waals surface area contributed by atoms with E-state index >= 15 is 0 Å². The lowest BCUT2D eigenvalue weighted by molar-refractivity contribution is 0.0785. The Balaban J connectivity index is 1.61. The van der Waals surface area contributed by atoms with Crippen molar-refractivity contribution < 1.29 is 9.53 Å². The first-order chi connectivity index (χ1) is 14.2. The standard InChI is InChI=1S/C22H21N5O2/c1-3-29-19-12-15(8-9-18(19)21-23-10-5-11-24-21)22(28)27(2)14-17-7-4-6-16-13-25-26-20(16)17/h4-13H,3,14H2,1-2H3,(H,25,26). The van der Waals surface area contributed by atoms with Crippen LogP contribution in [0, 0.1) is 0 Å². The summed E-state index contributed by atoms with van der Waals surface area (Å²) in [6.07, 6.45) is 5.14. The van der Waals surface area contributed by atoms with Gasteiger partial charge in [-0.25, -0.2) is 9.97 Å². The molecule has 0 unspecified atom stereocenters. The second kappa shape index (κ2) is 8.10. The van der Waals surface area contributed by atoms with Gasteiger partial charge in [0.25, 0.3) is 5.91 Å². The number of fused-ring (bicyclic) bond motifs is 1. The maximum atomic E-state index is 13.0. The fourth-order valence-electron chi connectivity index (χ4n) is 3.26. The molecule has 0 aliphatic carbocycles. The number of nitrogens with zero attached hydrogens (tertiary/aromatic N) is 4. The quantitative estimate of drug-likeness (QED) is 0.545. The first-order valence-corrected chi connectivity index (χ1v) is 9.38. The van der Waals surface area contributed by atoms with Crippen molar-refractivity contribution in [1.82, 2.24) is 25.1 Å². The van der Waals surface area contributed by atoms with Gasteiger partial charge in [0.2, 0.25) is 0 Å². The second-order valence-electron chi connectivity index (χ2n) is 6.63. The van der Waals surface area contributed by atoms with E-state index in [0.717, 1.165) is 22.0 Å². The molecule has 0 radical (unpaired) electrons. The van der Waals surface area contributed by atoms with Gasteiger partial charge >= 0.3 is 0 Å². The predicted molar refractivity (Wildman–Crippen MR) is 111 cm³/mol. The van der Waals surface area contributed by atoms with Crippen molar-refractivity contribution >= 4 is 16.8 Å². The minimum atomic E-state index is -0.0944. The number of carbonyl (C=O) groups is 1. The Bertz CT molecular complexity index is 1140. The van der Waals surface area contributed by atoms with Crippen LogP contribution in [-0.4, -0.2) is 44.6 Å². The molecule has 2 aromatic heterocycles. The maximum absolute atomic E-state index is 13.0. The molecule has 0 saturated carbocycles. The number of aromatic amines is 1. The number of H-pyrrole nitrogens is 1. The minimum absolute atomic E-state index is 0.0944. The third-order valence-electron chi connectivity index (χ3n) is 4.65. The second-order valence-corrected chi connectivity index (χ2v) is 6.63. The zero-order chi connectivity index (χ0) is 20.2. The van der Waals surface area contributed by atoms with E-state index in [9.17, 15) is 4.79 Å². The topological polar surface area (TPSA) is 84.0 Å². The third-order valence-corrected chi connectivity index (χ3v) is 4.65. The van der Waals surface area contributed by atoms with Gasteiger partial charge in [-0.15, -0.1) is 0 Å². The molecular formula is C22H21N5O2. The predicted octanol–water partition coefficient (Wildman–Crippen LogP) is 3.69. The highest BCUT2D eigenvalue weighted by Gasteiger charge is 2.17. The van der Waals surface area contributed by atoms with Crippen LogP contribution in [0.4, 0.5) is 0 Å². The van der Waals surface area contributed by atoms with Crippen LogP contribution in [0.3, 0.4) is 0 Å². The SMILES string of the molecule is CCOc1cc(C(=O)N(C)Cc2cccc3cn[nH]c23)ccc1-c1ncccn1. The van der Waals surface area contributed by atoms with Gasteiger partial charge in [-0.3, -0.25) is 9.89 Å². The van der Waals surface area contributed by atoms with Gasteiger partial charge in [0.05, 0.1) is 23.9 Å². The largest absolute Gasteiger partial charge is 0.493 e. The molecule has 0 fully saturated rings. The average Bonchev–Trinajstić information content (AvgIpc) is 3.24. The molecule has 0 bridgehead atoms. The van der Waals surface area contributed by atoms with Crippen molar-refractivity contribution in [1.29, 1.82) is 0 Å². The summed E-state index contributed by atoms with van der Waals surface area (Å²) in [7, 11) is 1.78. The molecule has 1 N–H and O–H groups in total. The lowest BCUT2D eigenvalue weighted by Gasteiger charge is -2.19. The first-order valence-electron chi connectivity index (χ1n) is 9.38. The summed E-state index contributed by atoms with van der Waals surface area (Å²) in [5.41, 5.74) is 3.26. The monoisotopic (exact) mass is 387 g/mol. The molecule has 146 valence electrons. The summed E-state index contributed by atoms with van der Waals surface area (Å²) in [5, 5.41) is 8.11. The molecular weight excluding hydrogens is 366 g/mol. The van der Waals surface area contributed by atoms with Crippen LogP contribution in [0.15, 0.2) is 61.1 Å². The Labute approximate surface area is 168 Å².